The smallest absolute Gasteiger partial charge is 0.231 e. The summed E-state index contributed by atoms with van der Waals surface area (Å²) in [7, 11) is 3.19. The summed E-state index contributed by atoms with van der Waals surface area (Å²) >= 11 is 0. The van der Waals surface area contributed by atoms with Gasteiger partial charge >= 0.3 is 0 Å². The van der Waals surface area contributed by atoms with E-state index >= 15 is 0 Å². The number of nitrogens with one attached hydrogen (secondary N) is 2. The number of fused-ring (bicyclic) bond motifs is 2. The van der Waals surface area contributed by atoms with Crippen LogP contribution in [-0.4, -0.2) is 36.0 Å². The Hall–Kier alpha value is -4.27. The van der Waals surface area contributed by atoms with Crippen molar-refractivity contribution in [2.75, 3.05) is 31.6 Å². The molecule has 0 atom stereocenters. The summed E-state index contributed by atoms with van der Waals surface area (Å²) in [5, 5.41) is 7.42. The fourth-order valence-corrected chi connectivity index (χ4v) is 3.42. The summed E-state index contributed by atoms with van der Waals surface area (Å²) in [5.41, 5.74) is 2.53. The molecule has 0 radical (unpaired) electrons. The van der Waals surface area contributed by atoms with Gasteiger partial charge in [0.2, 0.25) is 12.7 Å². The van der Waals surface area contributed by atoms with E-state index in [1.165, 1.54) is 0 Å². The van der Waals surface area contributed by atoms with Crippen molar-refractivity contribution in [1.82, 2.24) is 15.0 Å². The minimum absolute atomic E-state index is 0.217. The molecule has 0 amide bonds. The average molecular weight is 431 g/mol. The maximum absolute atomic E-state index is 5.49. The van der Waals surface area contributed by atoms with Crippen LogP contribution in [0.3, 0.4) is 0 Å². The van der Waals surface area contributed by atoms with Crippen molar-refractivity contribution in [1.29, 1.82) is 0 Å². The Labute approximate surface area is 184 Å². The molecule has 2 aromatic heterocycles. The number of hydrogen-bond acceptors (Lipinski definition) is 9. The quantitative estimate of drug-likeness (QED) is 0.447. The summed E-state index contributed by atoms with van der Waals surface area (Å²) < 4.78 is 21.8. The molecule has 2 N–H and O–H groups in total. The van der Waals surface area contributed by atoms with Crippen molar-refractivity contribution in [3.8, 4) is 23.0 Å². The Kier molecular flexibility index (Phi) is 5.20. The zero-order valence-corrected chi connectivity index (χ0v) is 17.6. The highest BCUT2D eigenvalue weighted by molar-refractivity contribution is 5.94. The van der Waals surface area contributed by atoms with Gasteiger partial charge in [0.25, 0.3) is 0 Å². The predicted molar refractivity (Wildman–Crippen MR) is 120 cm³/mol. The molecule has 0 spiro atoms. The van der Waals surface area contributed by atoms with E-state index < -0.39 is 0 Å². The van der Waals surface area contributed by atoms with Gasteiger partial charge in [-0.1, -0.05) is 6.07 Å². The van der Waals surface area contributed by atoms with E-state index in [1.807, 2.05) is 42.5 Å². The monoisotopic (exact) mass is 431 g/mol. The van der Waals surface area contributed by atoms with Crippen molar-refractivity contribution in [2.45, 2.75) is 6.54 Å². The third-order valence-corrected chi connectivity index (χ3v) is 5.01. The van der Waals surface area contributed by atoms with Gasteiger partial charge in [-0.25, -0.2) is 4.98 Å². The number of anilines is 3. The van der Waals surface area contributed by atoms with Gasteiger partial charge in [0.15, 0.2) is 23.0 Å². The number of hydrogen-bond donors (Lipinski definition) is 2. The first-order chi connectivity index (χ1) is 15.7. The molecule has 162 valence electrons. The second kappa shape index (κ2) is 8.46. The molecule has 5 rings (SSSR count). The molecule has 0 aliphatic carbocycles. The van der Waals surface area contributed by atoms with E-state index in [0.29, 0.717) is 46.8 Å². The van der Waals surface area contributed by atoms with Crippen LogP contribution in [0.15, 0.2) is 54.9 Å². The summed E-state index contributed by atoms with van der Waals surface area (Å²) in [6.45, 7) is 0.755. The summed E-state index contributed by atoms with van der Waals surface area (Å²) in [4.78, 5) is 13.5. The molecule has 1 aliphatic heterocycles. The second-order valence-corrected chi connectivity index (χ2v) is 7.03. The zero-order chi connectivity index (χ0) is 21.9. The number of rotatable bonds is 7. The molecule has 3 heterocycles. The topological polar surface area (TPSA) is 99.7 Å². The molecule has 9 nitrogen and oxygen atoms in total. The molecule has 32 heavy (non-hydrogen) atoms. The Morgan fingerprint density at radius 2 is 1.81 bits per heavy atom. The fourth-order valence-electron chi connectivity index (χ4n) is 3.42. The van der Waals surface area contributed by atoms with Gasteiger partial charge in [0.05, 0.1) is 19.7 Å². The van der Waals surface area contributed by atoms with Crippen molar-refractivity contribution < 1.29 is 18.9 Å². The van der Waals surface area contributed by atoms with Crippen LogP contribution in [0.4, 0.5) is 17.5 Å². The minimum Gasteiger partial charge on any atom is -0.493 e. The predicted octanol–water partition coefficient (Wildman–Crippen LogP) is 4.13. The number of methoxy groups -OCH3 is 2. The average Bonchev–Trinajstić information content (AvgIpc) is 3.30. The summed E-state index contributed by atoms with van der Waals surface area (Å²) in [5.74, 6) is 3.66. The molecule has 9 heteroatoms. The van der Waals surface area contributed by atoms with Crippen molar-refractivity contribution in [3.05, 3.63) is 60.4 Å². The number of ether oxygens (including phenoxy) is 4. The molecular weight excluding hydrogens is 410 g/mol. The van der Waals surface area contributed by atoms with Gasteiger partial charge in [-0.2, -0.15) is 4.98 Å². The number of benzene rings is 2. The molecule has 0 unspecified atom stereocenters. The lowest BCUT2D eigenvalue weighted by molar-refractivity contribution is 0.174. The second-order valence-electron chi connectivity index (χ2n) is 7.03. The maximum atomic E-state index is 5.49. The number of pyridine rings is 1. The number of nitrogens with zero attached hydrogens (tertiary/aromatic N) is 3. The van der Waals surface area contributed by atoms with Crippen LogP contribution in [0.2, 0.25) is 0 Å². The van der Waals surface area contributed by atoms with Gasteiger partial charge in [-0.05, 0) is 29.8 Å². The van der Waals surface area contributed by atoms with Crippen LogP contribution in [0.25, 0.3) is 10.9 Å². The highest BCUT2D eigenvalue weighted by Gasteiger charge is 2.16. The van der Waals surface area contributed by atoms with E-state index in [0.717, 1.165) is 16.6 Å². The van der Waals surface area contributed by atoms with Crippen LogP contribution in [0, 0.1) is 0 Å². The molecular formula is C23H21N5O4. The lowest BCUT2D eigenvalue weighted by Crippen LogP contribution is -2.06. The van der Waals surface area contributed by atoms with E-state index in [1.54, 1.807) is 26.6 Å². The fraction of sp³-hybridized carbons (Fsp3) is 0.174. The van der Waals surface area contributed by atoms with Crippen LogP contribution >= 0.6 is 0 Å². The lowest BCUT2D eigenvalue weighted by atomic mass is 10.2. The Bertz CT molecular complexity index is 1270. The maximum Gasteiger partial charge on any atom is 0.231 e. The zero-order valence-electron chi connectivity index (χ0n) is 17.6. The molecule has 0 fully saturated rings. The van der Waals surface area contributed by atoms with Crippen molar-refractivity contribution in [2.24, 2.45) is 0 Å². The molecule has 4 aromatic rings. The first-order valence-corrected chi connectivity index (χ1v) is 9.97. The third-order valence-electron chi connectivity index (χ3n) is 5.01. The van der Waals surface area contributed by atoms with Gasteiger partial charge in [0, 0.05) is 42.1 Å². The minimum atomic E-state index is 0.217. The van der Waals surface area contributed by atoms with Crippen molar-refractivity contribution in [3.63, 3.8) is 0 Å². The lowest BCUT2D eigenvalue weighted by Gasteiger charge is -2.15. The van der Waals surface area contributed by atoms with E-state index in [-0.39, 0.29) is 6.79 Å². The molecule has 0 saturated carbocycles. The van der Waals surface area contributed by atoms with Crippen LogP contribution in [-0.2, 0) is 6.54 Å². The van der Waals surface area contributed by atoms with Gasteiger partial charge in [-0.15, -0.1) is 0 Å². The third kappa shape index (κ3) is 3.87. The molecule has 1 aliphatic rings. The standard InChI is InChI=1S/C23H21N5O4/c1-29-19-9-16-17(10-20(19)30-2)27-23(25-12-14-4-3-7-24-11-14)28-22(16)26-15-5-6-18-21(8-15)32-13-31-18/h3-11H,12-13H2,1-2H3,(H2,25,26,27,28). The Morgan fingerprint density at radius 1 is 0.969 bits per heavy atom. The Balaban J connectivity index is 1.54. The number of aromatic nitrogens is 3. The first-order valence-electron chi connectivity index (χ1n) is 9.97. The van der Waals surface area contributed by atoms with Crippen LogP contribution in [0.1, 0.15) is 5.56 Å². The SMILES string of the molecule is COc1cc2nc(NCc3cccnc3)nc(Nc3ccc4c(c3)OCO4)c2cc1OC. The van der Waals surface area contributed by atoms with E-state index in [2.05, 4.69) is 20.6 Å². The van der Waals surface area contributed by atoms with Crippen LogP contribution in [0.5, 0.6) is 23.0 Å². The highest BCUT2D eigenvalue weighted by Crippen LogP contribution is 2.38. The van der Waals surface area contributed by atoms with Gasteiger partial charge < -0.3 is 29.6 Å². The molecule has 0 bridgehead atoms. The largest absolute Gasteiger partial charge is 0.493 e. The summed E-state index contributed by atoms with van der Waals surface area (Å²) in [6.07, 6.45) is 3.54. The molecule has 0 saturated heterocycles. The molecule has 2 aromatic carbocycles. The van der Waals surface area contributed by atoms with E-state index in [9.17, 15) is 0 Å². The van der Waals surface area contributed by atoms with E-state index in [4.69, 9.17) is 23.9 Å². The van der Waals surface area contributed by atoms with Gasteiger partial charge in [0.1, 0.15) is 5.82 Å². The Morgan fingerprint density at radius 3 is 2.62 bits per heavy atom. The highest BCUT2D eigenvalue weighted by atomic mass is 16.7. The normalized spacial score (nSPS) is 11.9. The van der Waals surface area contributed by atoms with Gasteiger partial charge in [-0.3, -0.25) is 4.98 Å². The summed E-state index contributed by atoms with van der Waals surface area (Å²) in [6, 6.07) is 13.2. The van der Waals surface area contributed by atoms with Crippen molar-refractivity contribution >= 4 is 28.4 Å². The van der Waals surface area contributed by atoms with Crippen LogP contribution < -0.4 is 29.6 Å². The first kappa shape index (κ1) is 19.7.